The number of hydrogen-bond acceptors (Lipinski definition) is 5. The highest BCUT2D eigenvalue weighted by Gasteiger charge is 2.44. The molecule has 2 heterocycles. The number of carboxylic acid groups (broad SMARTS) is 1. The number of carboxylic acids is 1. The maximum Gasteiger partial charge on any atom is 0.348 e. The van der Waals surface area contributed by atoms with Crippen molar-refractivity contribution in [2.24, 2.45) is 11.3 Å². The monoisotopic (exact) mass is 494 g/mol. The van der Waals surface area contributed by atoms with Crippen LogP contribution in [-0.2, 0) is 14.8 Å². The number of hydrogen-bond donors (Lipinski definition) is 1. The van der Waals surface area contributed by atoms with Crippen LogP contribution in [0.2, 0.25) is 0 Å². The van der Waals surface area contributed by atoms with E-state index in [1.54, 1.807) is 24.8 Å². The first-order valence-corrected chi connectivity index (χ1v) is 13.8. The molecule has 3 rings (SSSR count). The molecule has 1 atom stereocenters. The standard InChI is InChI=1S/C24H34N2O5S2/c1-16(2)33(30,31)25-14-20(17-9-7-6-8-10-17)26(21(27)15-25)19-13-18(11-12-24(3,4)5)32-22(19)23(28)29/h13,16-17,20H,6-10,14-15H2,1-5H3,(H,28,29). The second kappa shape index (κ2) is 9.77. The van der Waals surface area contributed by atoms with Gasteiger partial charge >= 0.3 is 5.97 Å². The molecule has 1 aromatic heterocycles. The van der Waals surface area contributed by atoms with Crippen molar-refractivity contribution >= 4 is 38.9 Å². The van der Waals surface area contributed by atoms with Gasteiger partial charge in [-0.1, -0.05) is 31.1 Å². The predicted octanol–water partition coefficient (Wildman–Crippen LogP) is 4.18. The predicted molar refractivity (Wildman–Crippen MR) is 131 cm³/mol. The number of sulfonamides is 1. The Morgan fingerprint density at radius 1 is 1.21 bits per heavy atom. The van der Waals surface area contributed by atoms with Gasteiger partial charge in [0.15, 0.2) is 0 Å². The molecule has 1 aliphatic carbocycles. The molecule has 33 heavy (non-hydrogen) atoms. The van der Waals surface area contributed by atoms with Gasteiger partial charge in [0.1, 0.15) is 4.88 Å². The van der Waals surface area contributed by atoms with E-state index >= 15 is 0 Å². The van der Waals surface area contributed by atoms with Crippen LogP contribution in [0.4, 0.5) is 5.69 Å². The van der Waals surface area contributed by atoms with E-state index < -0.39 is 27.3 Å². The second-order valence-corrected chi connectivity index (χ2v) is 13.8. The minimum Gasteiger partial charge on any atom is -0.477 e. The van der Waals surface area contributed by atoms with Gasteiger partial charge < -0.3 is 10.0 Å². The molecule has 1 aromatic rings. The van der Waals surface area contributed by atoms with Crippen molar-refractivity contribution in [3.63, 3.8) is 0 Å². The van der Waals surface area contributed by atoms with E-state index in [9.17, 15) is 23.1 Å². The highest BCUT2D eigenvalue weighted by molar-refractivity contribution is 7.89. The van der Waals surface area contributed by atoms with Gasteiger partial charge in [0, 0.05) is 12.0 Å². The van der Waals surface area contributed by atoms with Crippen LogP contribution in [0.1, 0.15) is 81.3 Å². The van der Waals surface area contributed by atoms with Crippen molar-refractivity contribution in [2.45, 2.75) is 78.0 Å². The first-order chi connectivity index (χ1) is 15.3. The number of nitrogens with zero attached hydrogens (tertiary/aromatic N) is 2. The topological polar surface area (TPSA) is 95.0 Å². The van der Waals surface area contributed by atoms with Crippen LogP contribution in [0.5, 0.6) is 0 Å². The van der Waals surface area contributed by atoms with Gasteiger partial charge in [-0.25, -0.2) is 13.2 Å². The van der Waals surface area contributed by atoms with Crippen LogP contribution in [-0.4, -0.2) is 54.1 Å². The molecule has 9 heteroatoms. The molecule has 2 aliphatic rings. The Labute approximate surface area is 201 Å². The second-order valence-electron chi connectivity index (χ2n) is 10.2. The molecule has 0 aromatic carbocycles. The lowest BCUT2D eigenvalue weighted by Crippen LogP contribution is -2.61. The van der Waals surface area contributed by atoms with Gasteiger partial charge in [-0.2, -0.15) is 4.31 Å². The summed E-state index contributed by atoms with van der Waals surface area (Å²) in [6.07, 6.45) is 4.97. The van der Waals surface area contributed by atoms with Crippen LogP contribution in [0.3, 0.4) is 0 Å². The zero-order chi connectivity index (χ0) is 24.6. The molecule has 7 nitrogen and oxygen atoms in total. The highest BCUT2D eigenvalue weighted by atomic mass is 32.2. The Hall–Kier alpha value is -1.89. The molecule has 1 saturated carbocycles. The molecule has 0 bridgehead atoms. The minimum atomic E-state index is -3.61. The number of rotatable bonds is 5. The van der Waals surface area contributed by atoms with Crippen LogP contribution in [0, 0.1) is 23.2 Å². The quantitative estimate of drug-likeness (QED) is 0.620. The maximum atomic E-state index is 13.4. The molecule has 182 valence electrons. The van der Waals surface area contributed by atoms with E-state index in [4.69, 9.17) is 0 Å². The summed E-state index contributed by atoms with van der Waals surface area (Å²) in [5, 5.41) is 9.27. The largest absolute Gasteiger partial charge is 0.477 e. The molecule has 1 unspecified atom stereocenters. The summed E-state index contributed by atoms with van der Waals surface area (Å²) in [7, 11) is -3.61. The Kier molecular flexibility index (Phi) is 7.62. The molecule has 1 saturated heterocycles. The Balaban J connectivity index is 2.07. The molecule has 0 radical (unpaired) electrons. The smallest absolute Gasteiger partial charge is 0.348 e. The van der Waals surface area contributed by atoms with Crippen LogP contribution >= 0.6 is 11.3 Å². The molecular formula is C24H34N2O5S2. The van der Waals surface area contributed by atoms with Gasteiger partial charge in [0.2, 0.25) is 15.9 Å². The lowest BCUT2D eigenvalue weighted by molar-refractivity contribution is -0.121. The molecule has 1 N–H and O–H groups in total. The van der Waals surface area contributed by atoms with E-state index in [2.05, 4.69) is 11.8 Å². The highest BCUT2D eigenvalue weighted by Crippen LogP contribution is 2.39. The van der Waals surface area contributed by atoms with E-state index in [-0.39, 0.29) is 35.2 Å². The maximum absolute atomic E-state index is 13.4. The van der Waals surface area contributed by atoms with Crippen molar-refractivity contribution in [3.05, 3.63) is 15.8 Å². The summed E-state index contributed by atoms with van der Waals surface area (Å²) >= 11 is 1.07. The summed E-state index contributed by atoms with van der Waals surface area (Å²) in [5.41, 5.74) is 0.0954. The average Bonchev–Trinajstić information content (AvgIpc) is 3.16. The Bertz CT molecular complexity index is 1070. The molecular weight excluding hydrogens is 460 g/mol. The fraction of sp³-hybridized carbons (Fsp3) is 0.667. The number of carbonyl (C=O) groups is 2. The molecule has 1 aliphatic heterocycles. The third kappa shape index (κ3) is 5.79. The lowest BCUT2D eigenvalue weighted by atomic mass is 9.82. The van der Waals surface area contributed by atoms with E-state index in [0.29, 0.717) is 10.6 Å². The van der Waals surface area contributed by atoms with Crippen molar-refractivity contribution in [1.29, 1.82) is 0 Å². The zero-order valence-corrected chi connectivity index (χ0v) is 21.7. The van der Waals surface area contributed by atoms with Crippen molar-refractivity contribution < 1.29 is 23.1 Å². The van der Waals surface area contributed by atoms with E-state index in [0.717, 1.165) is 43.4 Å². The number of aromatic carboxylic acids is 1. The van der Waals surface area contributed by atoms with Crippen molar-refractivity contribution in [2.75, 3.05) is 18.0 Å². The van der Waals surface area contributed by atoms with E-state index in [1.807, 2.05) is 20.8 Å². The fourth-order valence-corrected chi connectivity index (χ4v) is 6.56. The number of thiophene rings is 1. The first-order valence-electron chi connectivity index (χ1n) is 11.5. The Morgan fingerprint density at radius 3 is 2.39 bits per heavy atom. The normalized spacial score (nSPS) is 21.2. The van der Waals surface area contributed by atoms with Crippen LogP contribution in [0.25, 0.3) is 0 Å². The van der Waals surface area contributed by atoms with Crippen molar-refractivity contribution in [3.8, 4) is 11.8 Å². The summed E-state index contributed by atoms with van der Waals surface area (Å²) in [5.74, 6) is 4.82. The average molecular weight is 495 g/mol. The van der Waals surface area contributed by atoms with Crippen LogP contribution < -0.4 is 4.90 Å². The Morgan fingerprint density at radius 2 is 1.85 bits per heavy atom. The van der Waals surface area contributed by atoms with Crippen LogP contribution in [0.15, 0.2) is 6.07 Å². The fourth-order valence-electron chi connectivity index (χ4n) is 4.47. The third-order valence-corrected chi connectivity index (χ3v) is 9.40. The molecule has 2 fully saturated rings. The molecule has 0 spiro atoms. The zero-order valence-electron chi connectivity index (χ0n) is 20.1. The van der Waals surface area contributed by atoms with Gasteiger partial charge in [-0.15, -0.1) is 11.3 Å². The van der Waals surface area contributed by atoms with Crippen molar-refractivity contribution in [1.82, 2.24) is 4.31 Å². The van der Waals surface area contributed by atoms with Gasteiger partial charge in [0.05, 0.1) is 28.4 Å². The minimum absolute atomic E-state index is 0.0718. The molecule has 1 amide bonds. The summed E-state index contributed by atoms with van der Waals surface area (Å²) < 4.78 is 27.1. The summed E-state index contributed by atoms with van der Waals surface area (Å²) in [4.78, 5) is 27.8. The SMILES string of the molecule is CC(C)S(=O)(=O)N1CC(=O)N(c2cc(C#CC(C)(C)C)sc2C(=O)O)C(C2CCCCC2)C1. The number of carbonyl (C=O) groups excluding carboxylic acids is 1. The van der Waals surface area contributed by atoms with Gasteiger partial charge in [-0.3, -0.25) is 4.79 Å². The number of anilines is 1. The number of amides is 1. The summed E-state index contributed by atoms with van der Waals surface area (Å²) in [6.45, 7) is 9.07. The first kappa shape index (κ1) is 25.7. The number of piperazine rings is 1. The van der Waals surface area contributed by atoms with E-state index in [1.165, 1.54) is 4.31 Å². The van der Waals surface area contributed by atoms with Gasteiger partial charge in [-0.05, 0) is 59.4 Å². The van der Waals surface area contributed by atoms with Gasteiger partial charge in [0.25, 0.3) is 0 Å². The lowest BCUT2D eigenvalue weighted by Gasteiger charge is -2.45. The third-order valence-electron chi connectivity index (χ3n) is 6.18. The summed E-state index contributed by atoms with van der Waals surface area (Å²) in [6, 6.07) is 1.30.